The van der Waals surface area contributed by atoms with E-state index in [0.717, 1.165) is 59.7 Å². The zero-order chi connectivity index (χ0) is 19.8. The molecule has 0 aliphatic heterocycles. The summed E-state index contributed by atoms with van der Waals surface area (Å²) >= 11 is 0. The van der Waals surface area contributed by atoms with Gasteiger partial charge in [0.25, 0.3) is 0 Å². The third-order valence-corrected chi connectivity index (χ3v) is 5.63. The molecule has 0 amide bonds. The van der Waals surface area contributed by atoms with Crippen molar-refractivity contribution in [3.05, 3.63) is 71.7 Å². The van der Waals surface area contributed by atoms with Crippen LogP contribution in [0, 0.1) is 12.7 Å². The standard InChI is InChI=1S/C22H21FN6/c1-14-22(27-28-26-14)16-7-8-24-20(9-16)21-12-29(13-25-21)11-17-4-2-3-15-5-6-18(23)10-19(15)17/h5-10,12-13,17H,2-4,11H2,1H3,(H,26,27,28)/t17-/m0/s1. The fourth-order valence-corrected chi connectivity index (χ4v) is 4.18. The Balaban J connectivity index is 1.40. The second-order valence-electron chi connectivity index (χ2n) is 7.58. The Morgan fingerprint density at radius 3 is 2.93 bits per heavy atom. The van der Waals surface area contributed by atoms with Gasteiger partial charge >= 0.3 is 0 Å². The third kappa shape index (κ3) is 3.44. The van der Waals surface area contributed by atoms with Gasteiger partial charge in [0.2, 0.25) is 0 Å². The van der Waals surface area contributed by atoms with Gasteiger partial charge in [-0.25, -0.2) is 9.37 Å². The smallest absolute Gasteiger partial charge is 0.123 e. The number of aromatic amines is 1. The predicted octanol–water partition coefficient (Wildman–Crippen LogP) is 4.30. The average Bonchev–Trinajstić information content (AvgIpc) is 3.38. The van der Waals surface area contributed by atoms with Crippen molar-refractivity contribution in [2.75, 3.05) is 0 Å². The minimum absolute atomic E-state index is 0.161. The molecular weight excluding hydrogens is 367 g/mol. The lowest BCUT2D eigenvalue weighted by Gasteiger charge is -2.25. The van der Waals surface area contributed by atoms with E-state index < -0.39 is 0 Å². The predicted molar refractivity (Wildman–Crippen MR) is 108 cm³/mol. The Bertz CT molecular complexity index is 1160. The van der Waals surface area contributed by atoms with Crippen molar-refractivity contribution in [1.29, 1.82) is 0 Å². The highest BCUT2D eigenvalue weighted by molar-refractivity contribution is 5.67. The summed E-state index contributed by atoms with van der Waals surface area (Å²) in [5.41, 5.74) is 6.60. The molecule has 0 bridgehead atoms. The summed E-state index contributed by atoms with van der Waals surface area (Å²) in [5, 5.41) is 10.9. The lowest BCUT2D eigenvalue weighted by molar-refractivity contribution is 0.479. The van der Waals surface area contributed by atoms with Crippen molar-refractivity contribution >= 4 is 0 Å². The minimum atomic E-state index is -0.161. The van der Waals surface area contributed by atoms with Crippen LogP contribution < -0.4 is 0 Å². The number of hydrogen-bond donors (Lipinski definition) is 1. The highest BCUT2D eigenvalue weighted by atomic mass is 19.1. The van der Waals surface area contributed by atoms with Crippen LogP contribution in [0.25, 0.3) is 22.6 Å². The quantitative estimate of drug-likeness (QED) is 0.566. The number of hydrogen-bond acceptors (Lipinski definition) is 4. The van der Waals surface area contributed by atoms with Crippen molar-refractivity contribution in [2.45, 2.75) is 38.6 Å². The van der Waals surface area contributed by atoms with Gasteiger partial charge in [-0.2, -0.15) is 15.4 Å². The number of aromatic nitrogens is 6. The van der Waals surface area contributed by atoms with Crippen LogP contribution in [0.2, 0.25) is 0 Å². The monoisotopic (exact) mass is 388 g/mol. The fourth-order valence-electron chi connectivity index (χ4n) is 4.18. The number of benzene rings is 1. The van der Waals surface area contributed by atoms with Crippen LogP contribution >= 0.6 is 0 Å². The lowest BCUT2D eigenvalue weighted by Crippen LogP contribution is -2.15. The first-order chi connectivity index (χ1) is 14.2. The molecule has 146 valence electrons. The van der Waals surface area contributed by atoms with E-state index in [4.69, 9.17) is 0 Å². The Hall–Kier alpha value is -3.35. The molecule has 3 heterocycles. The molecule has 1 atom stereocenters. The van der Waals surface area contributed by atoms with E-state index in [0.29, 0.717) is 5.92 Å². The molecule has 6 nitrogen and oxygen atoms in total. The largest absolute Gasteiger partial charge is 0.336 e. The minimum Gasteiger partial charge on any atom is -0.336 e. The zero-order valence-corrected chi connectivity index (χ0v) is 16.1. The molecule has 5 rings (SSSR count). The summed E-state index contributed by atoms with van der Waals surface area (Å²) < 4.78 is 15.9. The van der Waals surface area contributed by atoms with Gasteiger partial charge in [0.1, 0.15) is 17.2 Å². The molecule has 1 aliphatic rings. The molecule has 29 heavy (non-hydrogen) atoms. The van der Waals surface area contributed by atoms with Gasteiger partial charge in [-0.05, 0) is 61.6 Å². The number of rotatable bonds is 4. The van der Waals surface area contributed by atoms with Gasteiger partial charge in [0.05, 0.1) is 17.7 Å². The van der Waals surface area contributed by atoms with Crippen LogP contribution in [-0.4, -0.2) is 29.9 Å². The number of aryl methyl sites for hydroxylation is 2. The number of halogens is 1. The Labute approximate surface area is 167 Å². The molecule has 1 N–H and O–H groups in total. The van der Waals surface area contributed by atoms with Gasteiger partial charge in [-0.15, -0.1) is 0 Å². The third-order valence-electron chi connectivity index (χ3n) is 5.63. The molecule has 3 aromatic heterocycles. The first kappa shape index (κ1) is 17.7. The molecule has 0 saturated heterocycles. The number of nitrogens with zero attached hydrogens (tertiary/aromatic N) is 5. The molecule has 0 radical (unpaired) electrons. The average molecular weight is 388 g/mol. The molecule has 1 aromatic carbocycles. The van der Waals surface area contributed by atoms with Crippen molar-refractivity contribution < 1.29 is 4.39 Å². The van der Waals surface area contributed by atoms with Crippen LogP contribution in [0.3, 0.4) is 0 Å². The van der Waals surface area contributed by atoms with E-state index in [1.54, 1.807) is 18.3 Å². The van der Waals surface area contributed by atoms with Crippen molar-refractivity contribution in [3.63, 3.8) is 0 Å². The summed E-state index contributed by atoms with van der Waals surface area (Å²) in [6.07, 6.45) is 8.82. The maximum Gasteiger partial charge on any atom is 0.123 e. The Morgan fingerprint density at radius 2 is 2.07 bits per heavy atom. The summed E-state index contributed by atoms with van der Waals surface area (Å²) in [7, 11) is 0. The maximum absolute atomic E-state index is 13.8. The first-order valence-corrected chi connectivity index (χ1v) is 9.81. The van der Waals surface area contributed by atoms with Crippen molar-refractivity contribution in [2.24, 2.45) is 0 Å². The van der Waals surface area contributed by atoms with Crippen LogP contribution in [0.5, 0.6) is 0 Å². The van der Waals surface area contributed by atoms with E-state index in [1.807, 2.05) is 37.6 Å². The highest BCUT2D eigenvalue weighted by Gasteiger charge is 2.21. The number of H-pyrrole nitrogens is 1. The molecular formula is C22H21FN6. The maximum atomic E-state index is 13.8. The zero-order valence-electron chi connectivity index (χ0n) is 16.1. The van der Waals surface area contributed by atoms with Crippen LogP contribution in [0.1, 0.15) is 35.6 Å². The van der Waals surface area contributed by atoms with Gasteiger partial charge in [0, 0.05) is 30.4 Å². The molecule has 0 fully saturated rings. The van der Waals surface area contributed by atoms with E-state index >= 15 is 0 Å². The number of pyridine rings is 1. The summed E-state index contributed by atoms with van der Waals surface area (Å²) in [6, 6.07) is 9.08. The van der Waals surface area contributed by atoms with E-state index in [-0.39, 0.29) is 5.82 Å². The van der Waals surface area contributed by atoms with E-state index in [2.05, 4.69) is 29.9 Å². The number of imidazole rings is 1. The van der Waals surface area contributed by atoms with Gasteiger partial charge < -0.3 is 4.57 Å². The second-order valence-corrected chi connectivity index (χ2v) is 7.58. The van der Waals surface area contributed by atoms with Crippen LogP contribution in [-0.2, 0) is 13.0 Å². The molecule has 0 unspecified atom stereocenters. The topological polar surface area (TPSA) is 72.3 Å². The SMILES string of the molecule is Cc1n[nH]nc1-c1ccnc(-c2cn(C[C@@H]3CCCc4ccc(F)cc43)cn2)c1. The summed E-state index contributed by atoms with van der Waals surface area (Å²) in [4.78, 5) is 9.03. The lowest BCUT2D eigenvalue weighted by atomic mass is 9.82. The molecule has 0 saturated carbocycles. The molecule has 0 spiro atoms. The summed E-state index contributed by atoms with van der Waals surface area (Å²) in [5.74, 6) is 0.139. The fraction of sp³-hybridized carbons (Fsp3) is 0.273. The number of nitrogens with one attached hydrogen (secondary N) is 1. The van der Waals surface area contributed by atoms with Gasteiger partial charge in [0.15, 0.2) is 0 Å². The Kier molecular flexibility index (Phi) is 4.42. The summed E-state index contributed by atoms with van der Waals surface area (Å²) in [6.45, 7) is 2.70. The number of fused-ring (bicyclic) bond motifs is 1. The normalized spacial score (nSPS) is 16.0. The van der Waals surface area contributed by atoms with Crippen molar-refractivity contribution in [3.8, 4) is 22.6 Å². The van der Waals surface area contributed by atoms with Gasteiger partial charge in [-0.1, -0.05) is 6.07 Å². The van der Waals surface area contributed by atoms with Crippen LogP contribution in [0.15, 0.2) is 49.1 Å². The molecule has 1 aliphatic carbocycles. The first-order valence-electron chi connectivity index (χ1n) is 9.81. The van der Waals surface area contributed by atoms with Crippen LogP contribution in [0.4, 0.5) is 4.39 Å². The van der Waals surface area contributed by atoms with E-state index in [1.165, 1.54) is 5.56 Å². The van der Waals surface area contributed by atoms with Gasteiger partial charge in [-0.3, -0.25) is 4.98 Å². The Morgan fingerprint density at radius 1 is 1.14 bits per heavy atom. The molecule has 4 aromatic rings. The van der Waals surface area contributed by atoms with E-state index in [9.17, 15) is 4.39 Å². The second kappa shape index (κ2) is 7.24. The molecule has 7 heteroatoms. The highest BCUT2D eigenvalue weighted by Crippen LogP contribution is 2.33. The van der Waals surface area contributed by atoms with Crippen molar-refractivity contribution in [1.82, 2.24) is 29.9 Å².